The average molecular weight is 307 g/mol. The van der Waals surface area contributed by atoms with E-state index in [1.165, 1.54) is 6.92 Å². The number of carboxylic acid groups (broad SMARTS) is 1. The number of nitrogens with one attached hydrogen (secondary N) is 3. The molecule has 1 aromatic carbocycles. The molecule has 0 heterocycles. The molecule has 2 amide bonds. The van der Waals surface area contributed by atoms with Crippen molar-refractivity contribution >= 4 is 23.5 Å². The van der Waals surface area contributed by atoms with Gasteiger partial charge in [-0.3, -0.25) is 14.4 Å². The number of hydrogen-bond donors (Lipinski definition) is 4. The molecule has 0 aliphatic rings. The van der Waals surface area contributed by atoms with E-state index >= 15 is 0 Å². The van der Waals surface area contributed by atoms with Crippen molar-refractivity contribution in [1.29, 1.82) is 0 Å². The van der Waals surface area contributed by atoms with E-state index < -0.39 is 12.0 Å². The summed E-state index contributed by atoms with van der Waals surface area (Å²) in [6.07, 6.45) is -0.191. The normalized spacial score (nSPS) is 11.5. The van der Waals surface area contributed by atoms with Crippen molar-refractivity contribution in [2.45, 2.75) is 26.3 Å². The highest BCUT2D eigenvalue weighted by Gasteiger charge is 2.20. The Morgan fingerprint density at radius 3 is 2.55 bits per heavy atom. The third-order valence-corrected chi connectivity index (χ3v) is 2.88. The second kappa shape index (κ2) is 8.78. The fraction of sp³-hybridized carbons (Fsp3) is 0.400. The lowest BCUT2D eigenvalue weighted by molar-refractivity contribution is -0.141. The summed E-state index contributed by atoms with van der Waals surface area (Å²) in [4.78, 5) is 33.7. The molecule has 0 bridgehead atoms. The van der Waals surface area contributed by atoms with Gasteiger partial charge in [0.1, 0.15) is 6.04 Å². The number of carbonyl (C=O) groups is 3. The number of carboxylic acids is 1. The van der Waals surface area contributed by atoms with Gasteiger partial charge in [0.2, 0.25) is 11.8 Å². The molecule has 4 N–H and O–H groups in total. The van der Waals surface area contributed by atoms with Crippen molar-refractivity contribution < 1.29 is 19.5 Å². The molecular weight excluding hydrogens is 286 g/mol. The molecule has 1 aromatic rings. The van der Waals surface area contributed by atoms with Gasteiger partial charge in [-0.2, -0.15) is 0 Å². The van der Waals surface area contributed by atoms with Gasteiger partial charge in [-0.05, 0) is 24.6 Å². The maximum Gasteiger partial charge on any atom is 0.321 e. The Bertz CT molecular complexity index is 545. The number of amides is 2. The van der Waals surface area contributed by atoms with E-state index in [1.807, 2.05) is 19.1 Å². The Morgan fingerprint density at radius 1 is 1.23 bits per heavy atom. The molecule has 0 fully saturated rings. The summed E-state index contributed by atoms with van der Waals surface area (Å²) >= 11 is 0. The van der Waals surface area contributed by atoms with Crippen LogP contribution in [0.5, 0.6) is 0 Å². The first-order valence-electron chi connectivity index (χ1n) is 6.95. The molecule has 0 radical (unpaired) electrons. The smallest absolute Gasteiger partial charge is 0.321 e. The number of rotatable bonds is 8. The number of benzene rings is 1. The van der Waals surface area contributed by atoms with Crippen LogP contribution in [0.1, 0.15) is 18.9 Å². The van der Waals surface area contributed by atoms with Crippen LogP contribution in [0.3, 0.4) is 0 Å². The van der Waals surface area contributed by atoms with Crippen LogP contribution in [0.2, 0.25) is 0 Å². The van der Waals surface area contributed by atoms with Crippen molar-refractivity contribution in [3.8, 4) is 0 Å². The van der Waals surface area contributed by atoms with Crippen molar-refractivity contribution in [2.75, 3.05) is 18.4 Å². The van der Waals surface area contributed by atoms with E-state index in [9.17, 15) is 14.4 Å². The monoisotopic (exact) mass is 307 g/mol. The largest absolute Gasteiger partial charge is 0.480 e. The van der Waals surface area contributed by atoms with E-state index in [1.54, 1.807) is 12.1 Å². The molecule has 1 atom stereocenters. The molecule has 1 rings (SSSR count). The highest BCUT2D eigenvalue weighted by molar-refractivity contribution is 5.94. The topological polar surface area (TPSA) is 108 Å². The van der Waals surface area contributed by atoms with Gasteiger partial charge in [0.25, 0.3) is 0 Å². The van der Waals surface area contributed by atoms with Crippen molar-refractivity contribution in [3.63, 3.8) is 0 Å². The summed E-state index contributed by atoms with van der Waals surface area (Å²) in [6.45, 7) is 3.86. The zero-order valence-electron chi connectivity index (χ0n) is 12.7. The number of hydrogen-bond acceptors (Lipinski definition) is 4. The van der Waals surface area contributed by atoms with Crippen LogP contribution >= 0.6 is 0 Å². The first-order chi connectivity index (χ1) is 10.4. The summed E-state index contributed by atoms with van der Waals surface area (Å²) < 4.78 is 0. The van der Waals surface area contributed by atoms with Crippen LogP contribution in [0, 0.1) is 6.92 Å². The van der Waals surface area contributed by atoms with E-state index in [0.29, 0.717) is 12.2 Å². The van der Waals surface area contributed by atoms with E-state index in [0.717, 1.165) is 5.56 Å². The van der Waals surface area contributed by atoms with Crippen LogP contribution in [0.15, 0.2) is 24.3 Å². The first kappa shape index (κ1) is 17.6. The second-order valence-corrected chi connectivity index (χ2v) is 4.95. The molecule has 0 saturated heterocycles. The Morgan fingerprint density at radius 2 is 1.95 bits per heavy atom. The highest BCUT2D eigenvalue weighted by atomic mass is 16.4. The van der Waals surface area contributed by atoms with Crippen LogP contribution < -0.4 is 16.0 Å². The molecule has 0 aliphatic carbocycles. The van der Waals surface area contributed by atoms with E-state index in [4.69, 9.17) is 5.11 Å². The zero-order chi connectivity index (χ0) is 16.5. The second-order valence-electron chi connectivity index (χ2n) is 4.95. The minimum Gasteiger partial charge on any atom is -0.480 e. The van der Waals surface area contributed by atoms with Crippen LogP contribution in [0.25, 0.3) is 0 Å². The van der Waals surface area contributed by atoms with Gasteiger partial charge in [-0.15, -0.1) is 0 Å². The molecule has 0 unspecified atom stereocenters. The summed E-state index contributed by atoms with van der Waals surface area (Å²) in [5.74, 6) is -1.68. The van der Waals surface area contributed by atoms with Gasteiger partial charge < -0.3 is 21.1 Å². The Labute approximate surface area is 129 Å². The van der Waals surface area contributed by atoms with Crippen molar-refractivity contribution in [2.24, 2.45) is 0 Å². The first-order valence-corrected chi connectivity index (χ1v) is 6.95. The molecule has 22 heavy (non-hydrogen) atoms. The predicted molar refractivity (Wildman–Crippen MR) is 82.5 cm³/mol. The summed E-state index contributed by atoms with van der Waals surface area (Å²) in [5, 5.41) is 17.0. The van der Waals surface area contributed by atoms with Crippen LogP contribution in [-0.4, -0.2) is 42.0 Å². The Hall–Kier alpha value is -2.41. The van der Waals surface area contributed by atoms with Gasteiger partial charge in [0, 0.05) is 25.7 Å². The maximum atomic E-state index is 11.9. The molecule has 0 spiro atoms. The highest BCUT2D eigenvalue weighted by Crippen LogP contribution is 2.10. The zero-order valence-corrected chi connectivity index (χ0v) is 12.7. The van der Waals surface area contributed by atoms with Crippen molar-refractivity contribution in [1.82, 2.24) is 10.6 Å². The fourth-order valence-corrected chi connectivity index (χ4v) is 1.85. The Balaban J connectivity index is 2.46. The number of anilines is 1. The van der Waals surface area contributed by atoms with Crippen LogP contribution in [-0.2, 0) is 14.4 Å². The summed E-state index contributed by atoms with van der Waals surface area (Å²) in [6, 6.07) is 6.26. The third kappa shape index (κ3) is 6.85. The van der Waals surface area contributed by atoms with E-state index in [2.05, 4.69) is 16.0 Å². The average Bonchev–Trinajstić information content (AvgIpc) is 2.41. The molecule has 0 aliphatic heterocycles. The Kier molecular flexibility index (Phi) is 7.04. The lowest BCUT2D eigenvalue weighted by atomic mass is 10.2. The molecule has 7 heteroatoms. The van der Waals surface area contributed by atoms with Gasteiger partial charge in [0.05, 0.1) is 6.42 Å². The maximum absolute atomic E-state index is 11.9. The van der Waals surface area contributed by atoms with Gasteiger partial charge >= 0.3 is 5.97 Å². The minimum atomic E-state index is -1.11. The van der Waals surface area contributed by atoms with Crippen molar-refractivity contribution in [3.05, 3.63) is 29.8 Å². The van der Waals surface area contributed by atoms with E-state index in [-0.39, 0.29) is 24.8 Å². The third-order valence-electron chi connectivity index (χ3n) is 2.88. The van der Waals surface area contributed by atoms with Gasteiger partial charge in [0.15, 0.2) is 0 Å². The molecule has 120 valence electrons. The SMILES string of the molecule is CC(=O)NCCN[C@H](CC(=O)Nc1cccc(C)c1)C(=O)O. The van der Waals surface area contributed by atoms with Crippen LogP contribution in [0.4, 0.5) is 5.69 Å². The molecule has 7 nitrogen and oxygen atoms in total. The lowest BCUT2D eigenvalue weighted by Crippen LogP contribution is -2.43. The quantitative estimate of drug-likeness (QED) is 0.523. The number of aliphatic carboxylic acids is 1. The fourth-order valence-electron chi connectivity index (χ4n) is 1.85. The number of aryl methyl sites for hydroxylation is 1. The molecular formula is C15H21N3O4. The lowest BCUT2D eigenvalue weighted by Gasteiger charge is -2.14. The number of carbonyl (C=O) groups excluding carboxylic acids is 2. The standard InChI is InChI=1S/C15H21N3O4/c1-10-4-3-5-12(8-10)18-14(20)9-13(15(21)22)17-7-6-16-11(2)19/h3-5,8,13,17H,6-7,9H2,1-2H3,(H,16,19)(H,18,20)(H,21,22)/t13-/m1/s1. The summed E-state index contributed by atoms with van der Waals surface area (Å²) in [7, 11) is 0. The van der Waals surface area contributed by atoms with Gasteiger partial charge in [-0.25, -0.2) is 0 Å². The minimum absolute atomic E-state index is 0.189. The van der Waals surface area contributed by atoms with Gasteiger partial charge in [-0.1, -0.05) is 12.1 Å². The summed E-state index contributed by atoms with van der Waals surface area (Å²) in [5.41, 5.74) is 1.63. The molecule has 0 aromatic heterocycles. The predicted octanol–water partition coefficient (Wildman–Crippen LogP) is 0.503. The molecule has 0 saturated carbocycles.